The Hall–Kier alpha value is -0.0900. The number of nitrogens with one attached hydrogen (secondary N) is 1. The van der Waals surface area contributed by atoms with Crippen molar-refractivity contribution in [2.24, 2.45) is 23.7 Å². The van der Waals surface area contributed by atoms with Gasteiger partial charge in [-0.1, -0.05) is 20.8 Å². The summed E-state index contributed by atoms with van der Waals surface area (Å²) in [5.74, 6) is 3.11. The monoisotopic (exact) mass is 275 g/mol. The molecule has 0 radical (unpaired) electrons. The summed E-state index contributed by atoms with van der Waals surface area (Å²) in [7, 11) is -0.784. The molecule has 1 fully saturated rings. The Morgan fingerprint density at radius 3 is 2.33 bits per heavy atom. The van der Waals surface area contributed by atoms with Crippen molar-refractivity contribution in [3.8, 4) is 0 Å². The van der Waals surface area contributed by atoms with Gasteiger partial charge in [-0.05, 0) is 56.5 Å². The van der Waals surface area contributed by atoms with E-state index in [2.05, 4.69) is 26.1 Å². The van der Waals surface area contributed by atoms with E-state index in [0.717, 1.165) is 25.3 Å². The first-order valence-corrected chi connectivity index (χ1v) is 9.01. The SMILES string of the molecule is CNCC(CC(C)CC(C)C)C1CCS(=O)(=O)C1. The van der Waals surface area contributed by atoms with Crippen molar-refractivity contribution in [3.63, 3.8) is 0 Å². The Morgan fingerprint density at radius 1 is 1.22 bits per heavy atom. The fourth-order valence-electron chi connectivity index (χ4n) is 3.32. The molecule has 3 nitrogen and oxygen atoms in total. The van der Waals surface area contributed by atoms with Crippen LogP contribution in [0.25, 0.3) is 0 Å². The van der Waals surface area contributed by atoms with Crippen LogP contribution in [0, 0.1) is 23.7 Å². The maximum Gasteiger partial charge on any atom is 0.150 e. The first-order valence-electron chi connectivity index (χ1n) is 7.19. The molecule has 0 saturated carbocycles. The molecular formula is C14H29NO2S. The number of rotatable bonds is 7. The van der Waals surface area contributed by atoms with Gasteiger partial charge in [-0.15, -0.1) is 0 Å². The van der Waals surface area contributed by atoms with Crippen molar-refractivity contribution in [1.82, 2.24) is 5.32 Å². The minimum atomic E-state index is -2.75. The molecule has 1 heterocycles. The summed E-state index contributed by atoms with van der Waals surface area (Å²) in [5, 5.41) is 3.24. The van der Waals surface area contributed by atoms with Crippen molar-refractivity contribution in [2.75, 3.05) is 25.1 Å². The van der Waals surface area contributed by atoms with Gasteiger partial charge in [-0.25, -0.2) is 8.42 Å². The molecule has 0 aliphatic carbocycles. The lowest BCUT2D eigenvalue weighted by Crippen LogP contribution is -2.28. The third kappa shape index (κ3) is 5.27. The summed E-state index contributed by atoms with van der Waals surface area (Å²) in [4.78, 5) is 0. The molecule has 1 N–H and O–H groups in total. The van der Waals surface area contributed by atoms with Crippen molar-refractivity contribution in [2.45, 2.75) is 40.0 Å². The van der Waals surface area contributed by atoms with Gasteiger partial charge >= 0.3 is 0 Å². The fourth-order valence-corrected chi connectivity index (χ4v) is 5.24. The Kier molecular flexibility index (Phi) is 6.12. The highest BCUT2D eigenvalue weighted by Crippen LogP contribution is 2.31. The molecule has 3 atom stereocenters. The number of hydrogen-bond acceptors (Lipinski definition) is 3. The average molecular weight is 275 g/mol. The number of sulfone groups is 1. The van der Waals surface area contributed by atoms with Crippen molar-refractivity contribution >= 4 is 9.84 Å². The summed E-state index contributed by atoms with van der Waals surface area (Å²) < 4.78 is 23.2. The van der Waals surface area contributed by atoms with Crippen LogP contribution >= 0.6 is 0 Å². The van der Waals surface area contributed by atoms with Gasteiger partial charge in [0.15, 0.2) is 9.84 Å². The van der Waals surface area contributed by atoms with Crippen LogP contribution in [0.3, 0.4) is 0 Å². The van der Waals surface area contributed by atoms with E-state index in [1.165, 1.54) is 6.42 Å². The smallest absolute Gasteiger partial charge is 0.150 e. The zero-order valence-electron chi connectivity index (χ0n) is 12.3. The van der Waals surface area contributed by atoms with Gasteiger partial charge in [0.05, 0.1) is 11.5 Å². The van der Waals surface area contributed by atoms with Gasteiger partial charge in [-0.2, -0.15) is 0 Å². The van der Waals surface area contributed by atoms with Crippen LogP contribution in [-0.2, 0) is 9.84 Å². The highest BCUT2D eigenvalue weighted by Gasteiger charge is 2.33. The predicted octanol–water partition coefficient (Wildman–Crippen LogP) is 2.33. The average Bonchev–Trinajstić information content (AvgIpc) is 2.57. The van der Waals surface area contributed by atoms with E-state index < -0.39 is 9.84 Å². The van der Waals surface area contributed by atoms with Crippen LogP contribution in [-0.4, -0.2) is 33.5 Å². The third-order valence-corrected chi connectivity index (χ3v) is 5.77. The molecule has 3 unspecified atom stereocenters. The van der Waals surface area contributed by atoms with Gasteiger partial charge in [0.25, 0.3) is 0 Å². The van der Waals surface area contributed by atoms with Crippen LogP contribution in [0.1, 0.15) is 40.0 Å². The first kappa shape index (κ1) is 16.0. The first-order chi connectivity index (χ1) is 8.34. The summed E-state index contributed by atoms with van der Waals surface area (Å²) in [5.41, 5.74) is 0. The molecule has 108 valence electrons. The third-order valence-electron chi connectivity index (χ3n) is 3.98. The summed E-state index contributed by atoms with van der Waals surface area (Å²) in [6, 6.07) is 0. The zero-order valence-corrected chi connectivity index (χ0v) is 13.1. The van der Waals surface area contributed by atoms with E-state index >= 15 is 0 Å². The van der Waals surface area contributed by atoms with E-state index in [0.29, 0.717) is 29.3 Å². The fraction of sp³-hybridized carbons (Fsp3) is 1.00. The Balaban J connectivity index is 2.54. The highest BCUT2D eigenvalue weighted by atomic mass is 32.2. The summed E-state index contributed by atoms with van der Waals surface area (Å²) >= 11 is 0. The lowest BCUT2D eigenvalue weighted by atomic mass is 9.82. The van der Waals surface area contributed by atoms with Crippen LogP contribution in [0.4, 0.5) is 0 Å². The van der Waals surface area contributed by atoms with E-state index in [-0.39, 0.29) is 0 Å². The van der Waals surface area contributed by atoms with Crippen LogP contribution < -0.4 is 5.32 Å². The standard InChI is InChI=1S/C14H29NO2S/c1-11(2)7-12(3)8-14(9-15-4)13-5-6-18(16,17)10-13/h11-15H,5-10H2,1-4H3. The normalized spacial score (nSPS) is 26.4. The Morgan fingerprint density at radius 2 is 1.89 bits per heavy atom. The molecule has 1 aliphatic heterocycles. The molecule has 0 amide bonds. The van der Waals surface area contributed by atoms with Crippen molar-refractivity contribution in [1.29, 1.82) is 0 Å². The maximum atomic E-state index is 11.6. The molecular weight excluding hydrogens is 246 g/mol. The van der Waals surface area contributed by atoms with Gasteiger partial charge in [-0.3, -0.25) is 0 Å². The molecule has 1 aliphatic rings. The lowest BCUT2D eigenvalue weighted by molar-refractivity contribution is 0.268. The van der Waals surface area contributed by atoms with Crippen LogP contribution in [0.2, 0.25) is 0 Å². The molecule has 18 heavy (non-hydrogen) atoms. The van der Waals surface area contributed by atoms with Crippen LogP contribution in [0.15, 0.2) is 0 Å². The molecule has 0 aromatic heterocycles. The molecule has 0 spiro atoms. The van der Waals surface area contributed by atoms with Gasteiger partial charge in [0, 0.05) is 0 Å². The quantitative estimate of drug-likeness (QED) is 0.775. The van der Waals surface area contributed by atoms with E-state index in [4.69, 9.17) is 0 Å². The Bertz CT molecular complexity index is 338. The van der Waals surface area contributed by atoms with E-state index in [1.54, 1.807) is 0 Å². The predicted molar refractivity (Wildman–Crippen MR) is 77.4 cm³/mol. The van der Waals surface area contributed by atoms with E-state index in [9.17, 15) is 8.42 Å². The second-order valence-electron chi connectivity index (χ2n) is 6.45. The molecule has 0 bridgehead atoms. The lowest BCUT2D eigenvalue weighted by Gasteiger charge is -2.26. The minimum absolute atomic E-state index is 0.372. The van der Waals surface area contributed by atoms with Gasteiger partial charge in [0.1, 0.15) is 0 Å². The minimum Gasteiger partial charge on any atom is -0.319 e. The van der Waals surface area contributed by atoms with E-state index in [1.807, 2.05) is 7.05 Å². The molecule has 1 saturated heterocycles. The maximum absolute atomic E-state index is 11.6. The second kappa shape index (κ2) is 6.90. The number of hydrogen-bond donors (Lipinski definition) is 1. The summed E-state index contributed by atoms with van der Waals surface area (Å²) in [6.07, 6.45) is 3.25. The van der Waals surface area contributed by atoms with Gasteiger partial charge < -0.3 is 5.32 Å². The second-order valence-corrected chi connectivity index (χ2v) is 8.68. The largest absolute Gasteiger partial charge is 0.319 e. The van der Waals surface area contributed by atoms with Crippen molar-refractivity contribution in [3.05, 3.63) is 0 Å². The molecule has 4 heteroatoms. The highest BCUT2D eigenvalue weighted by molar-refractivity contribution is 7.91. The zero-order chi connectivity index (χ0) is 13.8. The van der Waals surface area contributed by atoms with Crippen molar-refractivity contribution < 1.29 is 8.42 Å². The molecule has 0 aromatic rings. The molecule has 0 aromatic carbocycles. The van der Waals surface area contributed by atoms with Crippen LogP contribution in [0.5, 0.6) is 0 Å². The summed E-state index contributed by atoms with van der Waals surface area (Å²) in [6.45, 7) is 7.75. The molecule has 1 rings (SSSR count). The Labute approximate surface area is 113 Å². The topological polar surface area (TPSA) is 46.2 Å². The van der Waals surface area contributed by atoms with Gasteiger partial charge in [0.2, 0.25) is 0 Å².